The van der Waals surface area contributed by atoms with Crippen molar-refractivity contribution in [2.45, 2.75) is 19.3 Å². The molecule has 0 atom stereocenters. The summed E-state index contributed by atoms with van der Waals surface area (Å²) in [6.07, 6.45) is 4.64. The summed E-state index contributed by atoms with van der Waals surface area (Å²) in [7, 11) is 0. The highest BCUT2D eigenvalue weighted by molar-refractivity contribution is 6.03. The normalized spacial score (nSPS) is 12.6. The molecule has 142 valence electrons. The maximum absolute atomic E-state index is 12.9. The molecule has 1 aliphatic rings. The van der Waals surface area contributed by atoms with Gasteiger partial charge in [0.2, 0.25) is 0 Å². The van der Waals surface area contributed by atoms with Crippen LogP contribution in [0.2, 0.25) is 0 Å². The Kier molecular flexibility index (Phi) is 4.41. The second-order valence-electron chi connectivity index (χ2n) is 7.13. The van der Waals surface area contributed by atoms with E-state index in [2.05, 4.69) is 15.4 Å². The largest absolute Gasteiger partial charge is 0.305 e. The van der Waals surface area contributed by atoms with E-state index in [1.54, 1.807) is 6.20 Å². The van der Waals surface area contributed by atoms with Gasteiger partial charge in [-0.25, -0.2) is 9.67 Å². The van der Waals surface area contributed by atoms with Gasteiger partial charge in [-0.1, -0.05) is 48.5 Å². The van der Waals surface area contributed by atoms with Crippen molar-refractivity contribution in [2.75, 3.05) is 5.32 Å². The quantitative estimate of drug-likeness (QED) is 0.559. The summed E-state index contributed by atoms with van der Waals surface area (Å²) in [6, 6.07) is 23.8. The molecule has 0 saturated heterocycles. The molecule has 5 heteroatoms. The number of hydrogen-bond donors (Lipinski definition) is 1. The van der Waals surface area contributed by atoms with E-state index in [1.807, 2.05) is 77.5 Å². The number of pyridine rings is 1. The molecule has 0 saturated carbocycles. The van der Waals surface area contributed by atoms with E-state index in [4.69, 9.17) is 0 Å². The Balaban J connectivity index is 1.40. The number of carbonyl (C=O) groups is 1. The Bertz CT molecular complexity index is 1150. The maximum atomic E-state index is 12.9. The van der Waals surface area contributed by atoms with Gasteiger partial charge >= 0.3 is 0 Å². The molecule has 1 N–H and O–H groups in total. The second-order valence-corrected chi connectivity index (χ2v) is 7.13. The molecule has 29 heavy (non-hydrogen) atoms. The average Bonchev–Trinajstić information content (AvgIpc) is 3.38. The number of fused-ring (bicyclic) bond motifs is 1. The predicted octanol–water partition coefficient (Wildman–Crippen LogP) is 4.68. The van der Waals surface area contributed by atoms with E-state index >= 15 is 0 Å². The lowest BCUT2D eigenvalue weighted by Gasteiger charge is -2.06. The molecule has 2 aromatic carbocycles. The van der Waals surface area contributed by atoms with Gasteiger partial charge in [0, 0.05) is 23.0 Å². The van der Waals surface area contributed by atoms with Gasteiger partial charge in [0.05, 0.1) is 5.69 Å². The number of aromatic nitrogens is 3. The van der Waals surface area contributed by atoms with Crippen LogP contribution in [0.25, 0.3) is 16.8 Å². The van der Waals surface area contributed by atoms with Crippen molar-refractivity contribution in [2.24, 2.45) is 0 Å². The number of nitrogens with zero attached hydrogens (tertiary/aromatic N) is 3. The minimum Gasteiger partial charge on any atom is -0.305 e. The summed E-state index contributed by atoms with van der Waals surface area (Å²) in [5, 5.41) is 7.55. The fraction of sp³-hybridized carbons (Fsp3) is 0.125. The molecule has 4 aromatic rings. The van der Waals surface area contributed by atoms with E-state index in [9.17, 15) is 4.79 Å². The van der Waals surface area contributed by atoms with Crippen molar-refractivity contribution in [3.05, 3.63) is 95.9 Å². The van der Waals surface area contributed by atoms with E-state index in [0.717, 1.165) is 47.3 Å². The zero-order valence-electron chi connectivity index (χ0n) is 15.9. The van der Waals surface area contributed by atoms with E-state index in [1.165, 1.54) is 0 Å². The topological polar surface area (TPSA) is 59.8 Å². The van der Waals surface area contributed by atoms with Crippen LogP contribution in [0, 0.1) is 0 Å². The lowest BCUT2D eigenvalue weighted by atomic mass is 10.1. The molecule has 0 radical (unpaired) electrons. The van der Waals surface area contributed by atoms with Gasteiger partial charge in [-0.2, -0.15) is 5.10 Å². The molecule has 0 unspecified atom stereocenters. The van der Waals surface area contributed by atoms with Crippen molar-refractivity contribution in [3.8, 4) is 16.8 Å². The van der Waals surface area contributed by atoms with E-state index in [-0.39, 0.29) is 5.91 Å². The molecule has 5 rings (SSSR count). The number of hydrogen-bond acceptors (Lipinski definition) is 3. The van der Waals surface area contributed by atoms with Crippen LogP contribution in [0.5, 0.6) is 0 Å². The first-order valence-electron chi connectivity index (χ1n) is 9.78. The van der Waals surface area contributed by atoms with Crippen LogP contribution < -0.4 is 5.32 Å². The first-order valence-corrected chi connectivity index (χ1v) is 9.78. The molecule has 2 heterocycles. The van der Waals surface area contributed by atoms with Crippen LogP contribution in [0.3, 0.4) is 0 Å². The monoisotopic (exact) mass is 380 g/mol. The number of nitrogens with one attached hydrogen (secondary N) is 1. The highest BCUT2D eigenvalue weighted by Gasteiger charge is 2.27. The number of anilines is 1. The Labute approximate surface area is 169 Å². The van der Waals surface area contributed by atoms with Gasteiger partial charge < -0.3 is 5.32 Å². The van der Waals surface area contributed by atoms with Gasteiger partial charge in [0.15, 0.2) is 5.69 Å². The average molecular weight is 380 g/mol. The Morgan fingerprint density at radius 1 is 0.862 bits per heavy atom. The summed E-state index contributed by atoms with van der Waals surface area (Å²) in [6.45, 7) is 0. The van der Waals surface area contributed by atoms with Crippen molar-refractivity contribution in [1.29, 1.82) is 0 Å². The van der Waals surface area contributed by atoms with Gasteiger partial charge in [0.1, 0.15) is 5.82 Å². The van der Waals surface area contributed by atoms with Gasteiger partial charge in [-0.3, -0.25) is 4.79 Å². The van der Waals surface area contributed by atoms with Gasteiger partial charge in [0.25, 0.3) is 5.91 Å². The van der Waals surface area contributed by atoms with E-state index < -0.39 is 0 Å². The van der Waals surface area contributed by atoms with Crippen molar-refractivity contribution >= 4 is 11.7 Å². The summed E-state index contributed by atoms with van der Waals surface area (Å²) in [5.74, 6) is 0.313. The molecule has 0 spiro atoms. The molecule has 5 nitrogen and oxygen atoms in total. The molecule has 2 aromatic heterocycles. The molecule has 0 aliphatic heterocycles. The Morgan fingerprint density at radius 3 is 2.34 bits per heavy atom. The van der Waals surface area contributed by atoms with Crippen molar-refractivity contribution in [3.63, 3.8) is 0 Å². The second kappa shape index (κ2) is 7.36. The lowest BCUT2D eigenvalue weighted by Crippen LogP contribution is -2.15. The SMILES string of the molecule is O=C(Nc1ccc(-c2ccccc2)cn1)c1nn(-c2ccccc2)c2c1CCC2. The highest BCUT2D eigenvalue weighted by atomic mass is 16.2. The Hall–Kier alpha value is -3.73. The molecular formula is C24H20N4O. The fourth-order valence-corrected chi connectivity index (χ4v) is 3.85. The zero-order valence-corrected chi connectivity index (χ0v) is 15.9. The molecular weight excluding hydrogens is 360 g/mol. The zero-order chi connectivity index (χ0) is 19.6. The predicted molar refractivity (Wildman–Crippen MR) is 113 cm³/mol. The Morgan fingerprint density at radius 2 is 1.62 bits per heavy atom. The van der Waals surface area contributed by atoms with Gasteiger partial charge in [-0.15, -0.1) is 0 Å². The number of benzene rings is 2. The van der Waals surface area contributed by atoms with Crippen LogP contribution in [-0.4, -0.2) is 20.7 Å². The first kappa shape index (κ1) is 17.4. The molecule has 1 aliphatic carbocycles. The molecule has 0 fully saturated rings. The maximum Gasteiger partial charge on any atom is 0.277 e. The summed E-state index contributed by atoms with van der Waals surface area (Å²) in [4.78, 5) is 17.4. The highest BCUT2D eigenvalue weighted by Crippen LogP contribution is 2.28. The first-order chi connectivity index (χ1) is 14.3. The van der Waals surface area contributed by atoms with Crippen molar-refractivity contribution in [1.82, 2.24) is 14.8 Å². The van der Waals surface area contributed by atoms with Crippen LogP contribution in [-0.2, 0) is 12.8 Å². The van der Waals surface area contributed by atoms with Crippen molar-refractivity contribution < 1.29 is 4.79 Å². The standard InChI is InChI=1S/C24H20N4O/c29-24(26-22-15-14-18(16-25-22)17-8-3-1-4-9-17)23-20-12-7-13-21(20)28(27-23)19-10-5-2-6-11-19/h1-6,8-11,14-16H,7,12-13H2,(H,25,26,29). The van der Waals surface area contributed by atoms with Crippen LogP contribution >= 0.6 is 0 Å². The number of rotatable bonds is 4. The molecule has 1 amide bonds. The third-order valence-electron chi connectivity index (χ3n) is 5.26. The van der Waals surface area contributed by atoms with Crippen LogP contribution in [0.15, 0.2) is 79.0 Å². The summed E-state index contributed by atoms with van der Waals surface area (Å²) >= 11 is 0. The lowest BCUT2D eigenvalue weighted by molar-refractivity contribution is 0.102. The number of carbonyl (C=O) groups excluding carboxylic acids is 1. The summed E-state index contributed by atoms with van der Waals surface area (Å²) < 4.78 is 1.91. The fourth-order valence-electron chi connectivity index (χ4n) is 3.85. The van der Waals surface area contributed by atoms with E-state index in [0.29, 0.717) is 11.5 Å². The van der Waals surface area contributed by atoms with Crippen LogP contribution in [0.4, 0.5) is 5.82 Å². The third kappa shape index (κ3) is 3.31. The minimum atomic E-state index is -0.210. The third-order valence-corrected chi connectivity index (χ3v) is 5.26. The number of amides is 1. The van der Waals surface area contributed by atoms with Gasteiger partial charge in [-0.05, 0) is 49.1 Å². The summed E-state index contributed by atoms with van der Waals surface area (Å²) in [5.41, 5.74) is 5.77. The molecule has 0 bridgehead atoms. The smallest absolute Gasteiger partial charge is 0.277 e. The number of para-hydroxylation sites is 1. The minimum absolute atomic E-state index is 0.210. The van der Waals surface area contributed by atoms with Crippen LogP contribution in [0.1, 0.15) is 28.2 Å².